The number of fused-ring (bicyclic) bond motifs is 1. The van der Waals surface area contributed by atoms with Gasteiger partial charge in [-0.15, -0.1) is 0 Å². The Morgan fingerprint density at radius 2 is 1.80 bits per heavy atom. The second-order valence-electron chi connectivity index (χ2n) is 5.09. The van der Waals surface area contributed by atoms with E-state index < -0.39 is 0 Å². The minimum absolute atomic E-state index is 0.141. The highest BCUT2D eigenvalue weighted by Crippen LogP contribution is 2.21. The molecule has 3 aromatic rings. The van der Waals surface area contributed by atoms with Crippen LogP contribution >= 0.6 is 0 Å². The lowest BCUT2D eigenvalue weighted by Crippen LogP contribution is -2.05. The molecule has 2 aromatic carbocycles. The minimum atomic E-state index is -0.141. The van der Waals surface area contributed by atoms with Crippen molar-refractivity contribution < 1.29 is 4.39 Å². The maximum atomic E-state index is 13.7. The molecule has 0 atom stereocenters. The average Bonchev–Trinajstić information content (AvgIpc) is 2.73. The predicted molar refractivity (Wildman–Crippen MR) is 79.1 cm³/mol. The van der Waals surface area contributed by atoms with Gasteiger partial charge in [0, 0.05) is 0 Å². The highest BCUT2D eigenvalue weighted by atomic mass is 19.1. The van der Waals surface area contributed by atoms with Crippen LogP contribution in [0.25, 0.3) is 11.0 Å². The molecule has 3 nitrogen and oxygen atoms in total. The number of nitrogens with zero attached hydrogens (tertiary/aromatic N) is 2. The number of hydrogen-bond donors (Lipinski definition) is 1. The van der Waals surface area contributed by atoms with E-state index in [9.17, 15) is 4.39 Å². The molecule has 0 radical (unpaired) electrons. The highest BCUT2D eigenvalue weighted by Gasteiger charge is 2.10. The fraction of sp³-hybridized carbons (Fsp3) is 0.188. The van der Waals surface area contributed by atoms with Crippen LogP contribution in [0.5, 0.6) is 0 Å². The molecule has 0 aliphatic rings. The van der Waals surface area contributed by atoms with Crippen molar-refractivity contribution in [3.05, 3.63) is 58.9 Å². The monoisotopic (exact) mass is 269 g/mol. The number of anilines is 1. The summed E-state index contributed by atoms with van der Waals surface area (Å²) in [4.78, 5) is 4.34. The fourth-order valence-corrected chi connectivity index (χ4v) is 2.57. The summed E-state index contributed by atoms with van der Waals surface area (Å²) in [6.45, 7) is 4.15. The molecule has 0 spiro atoms. The van der Waals surface area contributed by atoms with E-state index in [1.807, 2.05) is 41.0 Å². The van der Waals surface area contributed by atoms with E-state index in [0.29, 0.717) is 23.6 Å². The molecular weight excluding hydrogens is 253 g/mol. The van der Waals surface area contributed by atoms with Gasteiger partial charge in [0.2, 0.25) is 5.95 Å². The van der Waals surface area contributed by atoms with Gasteiger partial charge >= 0.3 is 0 Å². The molecule has 0 aliphatic heterocycles. The third kappa shape index (κ3) is 2.03. The zero-order valence-corrected chi connectivity index (χ0v) is 11.5. The Kier molecular flexibility index (Phi) is 2.93. The molecular formula is C16H16FN3. The summed E-state index contributed by atoms with van der Waals surface area (Å²) in [5.74, 6) is 0.336. The van der Waals surface area contributed by atoms with Crippen molar-refractivity contribution in [3.8, 4) is 0 Å². The van der Waals surface area contributed by atoms with Gasteiger partial charge in [-0.25, -0.2) is 9.37 Å². The van der Waals surface area contributed by atoms with Gasteiger partial charge in [-0.05, 0) is 42.7 Å². The zero-order valence-electron chi connectivity index (χ0n) is 11.5. The van der Waals surface area contributed by atoms with E-state index in [2.05, 4.69) is 4.98 Å². The van der Waals surface area contributed by atoms with Crippen molar-refractivity contribution in [1.29, 1.82) is 0 Å². The van der Waals surface area contributed by atoms with Crippen LogP contribution in [-0.4, -0.2) is 9.55 Å². The van der Waals surface area contributed by atoms with E-state index in [4.69, 9.17) is 5.73 Å². The van der Waals surface area contributed by atoms with Crippen molar-refractivity contribution in [2.75, 3.05) is 5.73 Å². The first-order valence-corrected chi connectivity index (χ1v) is 6.52. The number of rotatable bonds is 2. The topological polar surface area (TPSA) is 43.8 Å². The molecule has 0 saturated carbocycles. The Bertz CT molecular complexity index is 767. The van der Waals surface area contributed by atoms with Crippen LogP contribution in [0.2, 0.25) is 0 Å². The van der Waals surface area contributed by atoms with Crippen LogP contribution in [0.1, 0.15) is 16.7 Å². The number of halogens is 1. The molecule has 3 rings (SSSR count). The van der Waals surface area contributed by atoms with Crippen LogP contribution in [0, 0.1) is 19.7 Å². The molecule has 1 aromatic heterocycles. The van der Waals surface area contributed by atoms with Crippen LogP contribution < -0.4 is 5.73 Å². The summed E-state index contributed by atoms with van der Waals surface area (Å²) < 4.78 is 15.6. The maximum absolute atomic E-state index is 13.7. The molecule has 2 N–H and O–H groups in total. The lowest BCUT2D eigenvalue weighted by atomic mass is 10.1. The number of hydrogen-bond acceptors (Lipinski definition) is 2. The van der Waals surface area contributed by atoms with Gasteiger partial charge in [-0.3, -0.25) is 0 Å². The van der Waals surface area contributed by atoms with Crippen molar-refractivity contribution >= 4 is 17.0 Å². The summed E-state index contributed by atoms with van der Waals surface area (Å²) in [5.41, 5.74) is 10.2. The number of nitrogens with two attached hydrogens (primary N) is 1. The molecule has 0 bridgehead atoms. The van der Waals surface area contributed by atoms with E-state index in [1.165, 1.54) is 0 Å². The molecule has 1 heterocycles. The number of imidazole rings is 1. The van der Waals surface area contributed by atoms with Gasteiger partial charge in [0.05, 0.1) is 17.6 Å². The van der Waals surface area contributed by atoms with Crippen molar-refractivity contribution in [1.82, 2.24) is 9.55 Å². The van der Waals surface area contributed by atoms with Crippen molar-refractivity contribution in [2.24, 2.45) is 0 Å². The van der Waals surface area contributed by atoms with Crippen LogP contribution in [0.15, 0.2) is 36.4 Å². The summed E-state index contributed by atoms with van der Waals surface area (Å²) in [6, 6.07) is 11.5. The fourth-order valence-electron chi connectivity index (χ4n) is 2.57. The molecule has 0 aliphatic carbocycles. The lowest BCUT2D eigenvalue weighted by molar-refractivity contribution is 0.607. The van der Waals surface area contributed by atoms with E-state index in [1.54, 1.807) is 13.8 Å². The second-order valence-corrected chi connectivity index (χ2v) is 5.09. The highest BCUT2D eigenvalue weighted by molar-refractivity contribution is 5.78. The average molecular weight is 269 g/mol. The van der Waals surface area contributed by atoms with E-state index in [0.717, 1.165) is 16.6 Å². The van der Waals surface area contributed by atoms with Crippen LogP contribution in [0.4, 0.5) is 10.3 Å². The number of aryl methyl sites for hydroxylation is 2. The number of para-hydroxylation sites is 2. The Labute approximate surface area is 116 Å². The Balaban J connectivity index is 2.07. The molecule has 0 fully saturated rings. The normalized spacial score (nSPS) is 11.2. The molecule has 0 amide bonds. The van der Waals surface area contributed by atoms with Gasteiger partial charge < -0.3 is 10.3 Å². The summed E-state index contributed by atoms with van der Waals surface area (Å²) in [5, 5.41) is 0. The lowest BCUT2D eigenvalue weighted by Gasteiger charge is -2.10. The largest absolute Gasteiger partial charge is 0.369 e. The SMILES string of the molecule is Cc1cc(Cn2c(N)nc3ccccc32)cc(C)c1F. The first kappa shape index (κ1) is 12.7. The summed E-state index contributed by atoms with van der Waals surface area (Å²) >= 11 is 0. The third-order valence-corrected chi connectivity index (χ3v) is 3.52. The standard InChI is InChI=1S/C16H16FN3/c1-10-7-12(8-11(2)15(10)17)9-20-14-6-4-3-5-13(14)19-16(20)18/h3-8H,9H2,1-2H3,(H2,18,19). The van der Waals surface area contributed by atoms with Gasteiger partial charge in [-0.1, -0.05) is 24.3 Å². The van der Waals surface area contributed by atoms with Crippen LogP contribution in [0.3, 0.4) is 0 Å². The number of aromatic nitrogens is 2. The van der Waals surface area contributed by atoms with E-state index >= 15 is 0 Å². The first-order valence-electron chi connectivity index (χ1n) is 6.52. The molecule has 0 unspecified atom stereocenters. The summed E-state index contributed by atoms with van der Waals surface area (Å²) in [7, 11) is 0. The zero-order chi connectivity index (χ0) is 14.3. The van der Waals surface area contributed by atoms with Gasteiger partial charge in [0.1, 0.15) is 5.82 Å². The van der Waals surface area contributed by atoms with Gasteiger partial charge in [0.25, 0.3) is 0 Å². The minimum Gasteiger partial charge on any atom is -0.369 e. The predicted octanol–water partition coefficient (Wildman–Crippen LogP) is 3.42. The smallest absolute Gasteiger partial charge is 0.201 e. The number of nitrogen functional groups attached to an aromatic ring is 1. The molecule has 102 valence electrons. The third-order valence-electron chi connectivity index (χ3n) is 3.52. The summed E-state index contributed by atoms with van der Waals surface area (Å²) in [6.07, 6.45) is 0. The second kappa shape index (κ2) is 4.63. The first-order chi connectivity index (χ1) is 9.56. The van der Waals surface area contributed by atoms with Gasteiger partial charge in [0.15, 0.2) is 0 Å². The Morgan fingerprint density at radius 1 is 1.15 bits per heavy atom. The molecule has 20 heavy (non-hydrogen) atoms. The molecule has 4 heteroatoms. The van der Waals surface area contributed by atoms with E-state index in [-0.39, 0.29) is 5.82 Å². The van der Waals surface area contributed by atoms with Crippen molar-refractivity contribution in [3.63, 3.8) is 0 Å². The number of benzene rings is 2. The Hall–Kier alpha value is -2.36. The maximum Gasteiger partial charge on any atom is 0.201 e. The quantitative estimate of drug-likeness (QED) is 0.774. The van der Waals surface area contributed by atoms with Gasteiger partial charge in [-0.2, -0.15) is 0 Å². The molecule has 0 saturated heterocycles. The van der Waals surface area contributed by atoms with Crippen LogP contribution in [-0.2, 0) is 6.54 Å². The van der Waals surface area contributed by atoms with Crippen molar-refractivity contribution in [2.45, 2.75) is 20.4 Å². The Morgan fingerprint density at radius 3 is 2.50 bits per heavy atom.